The summed E-state index contributed by atoms with van der Waals surface area (Å²) in [4.78, 5) is 11.3. The number of carbonyl (C=O) groups is 1. The minimum Gasteiger partial charge on any atom is -0.516 e. The molecular formula is C10H20O2Si. The molecule has 0 spiro atoms. The smallest absolute Gasteiger partial charge is 0.319 e. The average molecular weight is 200 g/mol. The fourth-order valence-corrected chi connectivity index (χ4v) is 3.42. The maximum absolute atomic E-state index is 11.3. The molecule has 3 heteroatoms. The molecule has 0 aromatic heterocycles. The lowest BCUT2D eigenvalue weighted by Gasteiger charge is -2.25. The van der Waals surface area contributed by atoms with Gasteiger partial charge in [0.1, 0.15) is 0 Å². The first-order valence-corrected chi connectivity index (χ1v) is 7.66. The van der Waals surface area contributed by atoms with Crippen LogP contribution in [-0.4, -0.2) is 14.3 Å². The van der Waals surface area contributed by atoms with Gasteiger partial charge in [-0.05, 0) is 25.6 Å². The van der Waals surface area contributed by atoms with E-state index in [9.17, 15) is 4.79 Å². The molecule has 0 radical (unpaired) electrons. The Hall–Kier alpha value is -0.573. The molecule has 1 unspecified atom stereocenters. The van der Waals surface area contributed by atoms with E-state index in [1.165, 1.54) is 0 Å². The third-order valence-corrected chi connectivity index (χ3v) is 5.95. The molecule has 0 amide bonds. The summed E-state index contributed by atoms with van der Waals surface area (Å²) in [6.45, 7) is 11.6. The van der Waals surface area contributed by atoms with E-state index in [-0.39, 0.29) is 5.97 Å². The van der Waals surface area contributed by atoms with Crippen molar-refractivity contribution in [2.75, 3.05) is 0 Å². The molecular weight excluding hydrogens is 180 g/mol. The molecule has 0 aromatic rings. The third-order valence-electron chi connectivity index (χ3n) is 2.21. The summed E-state index contributed by atoms with van der Waals surface area (Å²) >= 11 is 0. The van der Waals surface area contributed by atoms with Crippen LogP contribution in [0.5, 0.6) is 0 Å². The van der Waals surface area contributed by atoms with E-state index >= 15 is 0 Å². The van der Waals surface area contributed by atoms with Crippen LogP contribution in [0.3, 0.4) is 0 Å². The highest BCUT2D eigenvalue weighted by atomic mass is 28.4. The van der Waals surface area contributed by atoms with Crippen LogP contribution in [0.4, 0.5) is 0 Å². The van der Waals surface area contributed by atoms with Gasteiger partial charge in [0.05, 0.1) is 0 Å². The zero-order chi connectivity index (χ0) is 10.5. The summed E-state index contributed by atoms with van der Waals surface area (Å²) in [5.41, 5.74) is 0.503. The maximum atomic E-state index is 11.3. The zero-order valence-electron chi connectivity index (χ0n) is 9.14. The average Bonchev–Trinajstić information content (AvgIpc) is 2.04. The van der Waals surface area contributed by atoms with Crippen molar-refractivity contribution < 1.29 is 9.22 Å². The van der Waals surface area contributed by atoms with Gasteiger partial charge in [0.25, 0.3) is 8.32 Å². The maximum Gasteiger partial charge on any atom is 0.319 e. The van der Waals surface area contributed by atoms with Crippen LogP contribution < -0.4 is 0 Å². The summed E-state index contributed by atoms with van der Waals surface area (Å²) in [7, 11) is -1.76. The Kier molecular flexibility index (Phi) is 4.99. The van der Waals surface area contributed by atoms with E-state index in [0.29, 0.717) is 5.57 Å². The predicted octanol–water partition coefficient (Wildman–Crippen LogP) is 3.11. The van der Waals surface area contributed by atoms with Crippen LogP contribution in [0.15, 0.2) is 12.2 Å². The SMILES string of the molecule is C=C(C)C(=O)O[Si](C)(CC)CCC. The lowest BCUT2D eigenvalue weighted by atomic mass is 10.4. The van der Waals surface area contributed by atoms with Crippen molar-refractivity contribution in [1.82, 2.24) is 0 Å². The van der Waals surface area contributed by atoms with Gasteiger partial charge < -0.3 is 4.43 Å². The van der Waals surface area contributed by atoms with Crippen LogP contribution in [0.25, 0.3) is 0 Å². The van der Waals surface area contributed by atoms with Gasteiger partial charge in [0.2, 0.25) is 0 Å². The predicted molar refractivity (Wildman–Crippen MR) is 58.1 cm³/mol. The highest BCUT2D eigenvalue weighted by Gasteiger charge is 2.29. The van der Waals surface area contributed by atoms with Gasteiger partial charge in [-0.15, -0.1) is 0 Å². The summed E-state index contributed by atoms with van der Waals surface area (Å²) < 4.78 is 5.49. The molecule has 1 atom stereocenters. The van der Waals surface area contributed by atoms with Crippen molar-refractivity contribution in [1.29, 1.82) is 0 Å². The summed E-state index contributed by atoms with van der Waals surface area (Å²) in [5, 5.41) is 0. The van der Waals surface area contributed by atoms with Crippen LogP contribution in [0.2, 0.25) is 18.6 Å². The quantitative estimate of drug-likeness (QED) is 0.503. The van der Waals surface area contributed by atoms with Gasteiger partial charge in [-0.2, -0.15) is 0 Å². The van der Waals surface area contributed by atoms with Crippen molar-refractivity contribution in [3.05, 3.63) is 12.2 Å². The highest BCUT2D eigenvalue weighted by Crippen LogP contribution is 2.19. The first-order valence-electron chi connectivity index (χ1n) is 4.84. The first-order chi connectivity index (χ1) is 5.95. The Morgan fingerprint density at radius 2 is 2.00 bits per heavy atom. The van der Waals surface area contributed by atoms with Gasteiger partial charge in [-0.3, -0.25) is 0 Å². The Morgan fingerprint density at radius 1 is 1.46 bits per heavy atom. The molecule has 0 aliphatic rings. The molecule has 0 aromatic carbocycles. The van der Waals surface area contributed by atoms with E-state index in [2.05, 4.69) is 27.0 Å². The normalized spacial score (nSPS) is 14.8. The highest BCUT2D eigenvalue weighted by molar-refractivity contribution is 6.74. The Bertz CT molecular complexity index is 201. The third kappa shape index (κ3) is 4.27. The van der Waals surface area contributed by atoms with E-state index in [0.717, 1.165) is 18.5 Å². The molecule has 2 nitrogen and oxygen atoms in total. The fourth-order valence-electron chi connectivity index (χ4n) is 1.14. The van der Waals surface area contributed by atoms with Crippen molar-refractivity contribution in [2.24, 2.45) is 0 Å². The largest absolute Gasteiger partial charge is 0.516 e. The molecule has 0 bridgehead atoms. The fraction of sp³-hybridized carbons (Fsp3) is 0.700. The van der Waals surface area contributed by atoms with Gasteiger partial charge in [0.15, 0.2) is 0 Å². The minimum atomic E-state index is -1.76. The van der Waals surface area contributed by atoms with Gasteiger partial charge >= 0.3 is 5.97 Å². The van der Waals surface area contributed by atoms with Crippen molar-refractivity contribution in [3.63, 3.8) is 0 Å². The molecule has 0 N–H and O–H groups in total. The second-order valence-electron chi connectivity index (χ2n) is 3.72. The molecule has 13 heavy (non-hydrogen) atoms. The number of rotatable bonds is 5. The van der Waals surface area contributed by atoms with E-state index in [1.54, 1.807) is 6.92 Å². The standard InChI is InChI=1S/C10H20O2Si/c1-6-8-13(5,7-2)12-10(11)9(3)4/h3,6-8H2,1-2,4-5H3. The van der Waals surface area contributed by atoms with Gasteiger partial charge in [-0.1, -0.05) is 26.8 Å². The number of carbonyl (C=O) groups excluding carboxylic acids is 1. The van der Waals surface area contributed by atoms with Crippen molar-refractivity contribution in [3.8, 4) is 0 Å². The molecule has 0 aliphatic heterocycles. The van der Waals surface area contributed by atoms with Gasteiger partial charge in [0, 0.05) is 5.57 Å². The van der Waals surface area contributed by atoms with Gasteiger partial charge in [-0.25, -0.2) is 4.79 Å². The molecule has 0 heterocycles. The van der Waals surface area contributed by atoms with Crippen molar-refractivity contribution in [2.45, 2.75) is 45.8 Å². The van der Waals surface area contributed by atoms with Crippen LogP contribution in [0.1, 0.15) is 27.2 Å². The Labute approximate surface area is 82.1 Å². The summed E-state index contributed by atoms with van der Waals surface area (Å²) in [5.74, 6) is -0.218. The van der Waals surface area contributed by atoms with E-state index in [1.807, 2.05) is 0 Å². The second-order valence-corrected chi connectivity index (χ2v) is 8.03. The lowest BCUT2D eigenvalue weighted by Crippen LogP contribution is -2.36. The summed E-state index contributed by atoms with van der Waals surface area (Å²) in [6, 6.07) is 2.03. The lowest BCUT2D eigenvalue weighted by molar-refractivity contribution is -0.130. The molecule has 0 rings (SSSR count). The number of hydrogen-bond acceptors (Lipinski definition) is 2. The first kappa shape index (κ1) is 12.4. The zero-order valence-corrected chi connectivity index (χ0v) is 10.1. The van der Waals surface area contributed by atoms with Crippen LogP contribution in [-0.2, 0) is 9.22 Å². The molecule has 0 saturated carbocycles. The van der Waals surface area contributed by atoms with Crippen LogP contribution in [0, 0.1) is 0 Å². The Morgan fingerprint density at radius 3 is 2.31 bits per heavy atom. The Balaban J connectivity index is 4.26. The second kappa shape index (κ2) is 5.22. The monoisotopic (exact) mass is 200 g/mol. The minimum absolute atomic E-state index is 0.218. The van der Waals surface area contributed by atoms with E-state index < -0.39 is 8.32 Å². The summed E-state index contributed by atoms with van der Waals surface area (Å²) in [6.07, 6.45) is 1.08. The molecule has 0 saturated heterocycles. The molecule has 0 aliphatic carbocycles. The van der Waals surface area contributed by atoms with Crippen LogP contribution >= 0.6 is 0 Å². The van der Waals surface area contributed by atoms with E-state index in [4.69, 9.17) is 4.43 Å². The topological polar surface area (TPSA) is 26.3 Å². The number of hydrogen-bond donors (Lipinski definition) is 0. The molecule has 0 fully saturated rings. The van der Waals surface area contributed by atoms with Crippen molar-refractivity contribution >= 4 is 14.3 Å². The molecule has 76 valence electrons.